The molecule has 0 amide bonds. The average molecular weight is 480 g/mol. The molecule has 1 fully saturated rings. The standard InChI is InChI=1S/C26H22F2N2O5/c1-15(31)20-12-25(13-29,23(32)34-2)22(17-7-5-9-19(28)11-17)26(14-30,24(33)35-3)21(20)16-6-4-8-18(27)10-16/h4-11,20-22H,12H2,1-3H3/t20-,21-,22+,25+,26+/m0/s1. The highest BCUT2D eigenvalue weighted by Gasteiger charge is 2.71. The third kappa shape index (κ3) is 3.93. The van der Waals surface area contributed by atoms with E-state index in [0.29, 0.717) is 0 Å². The molecule has 0 heterocycles. The highest BCUT2D eigenvalue weighted by atomic mass is 19.1. The van der Waals surface area contributed by atoms with E-state index < -0.39 is 64.4 Å². The van der Waals surface area contributed by atoms with E-state index in [-0.39, 0.29) is 11.1 Å². The Labute approximate surface area is 200 Å². The second kappa shape index (κ2) is 9.63. The van der Waals surface area contributed by atoms with Gasteiger partial charge in [-0.05, 0) is 48.7 Å². The van der Waals surface area contributed by atoms with Crippen molar-refractivity contribution in [3.8, 4) is 12.1 Å². The van der Waals surface area contributed by atoms with Crippen LogP contribution >= 0.6 is 0 Å². The molecule has 0 saturated heterocycles. The van der Waals surface area contributed by atoms with Crippen LogP contribution in [0.25, 0.3) is 0 Å². The summed E-state index contributed by atoms with van der Waals surface area (Å²) in [6, 6.07) is 13.6. The summed E-state index contributed by atoms with van der Waals surface area (Å²) in [7, 11) is 2.04. The number of methoxy groups -OCH3 is 2. The molecule has 0 radical (unpaired) electrons. The van der Waals surface area contributed by atoms with Crippen LogP contribution in [0, 0.1) is 51.0 Å². The summed E-state index contributed by atoms with van der Waals surface area (Å²) >= 11 is 0. The summed E-state index contributed by atoms with van der Waals surface area (Å²) in [5.74, 6) is -8.42. The maximum atomic E-state index is 14.4. The largest absolute Gasteiger partial charge is 0.468 e. The molecule has 0 unspecified atom stereocenters. The number of rotatable bonds is 5. The van der Waals surface area contributed by atoms with Crippen LogP contribution in [0.1, 0.15) is 36.3 Å². The first-order valence-corrected chi connectivity index (χ1v) is 10.6. The zero-order valence-electron chi connectivity index (χ0n) is 19.2. The summed E-state index contributed by atoms with van der Waals surface area (Å²) in [6.07, 6.45) is -0.450. The van der Waals surface area contributed by atoms with Gasteiger partial charge in [-0.2, -0.15) is 10.5 Å². The quantitative estimate of drug-likeness (QED) is 0.597. The molecular weight excluding hydrogens is 458 g/mol. The molecule has 2 aromatic carbocycles. The van der Waals surface area contributed by atoms with E-state index in [2.05, 4.69) is 0 Å². The maximum absolute atomic E-state index is 14.4. The SMILES string of the molecule is COC(=O)[C@]1(C#N)[C@@H](c2cccc(F)c2)[C@H](C(C)=O)C[C@](C#N)(C(=O)OC)[C@H]1c1cccc(F)c1. The summed E-state index contributed by atoms with van der Waals surface area (Å²) in [5, 5.41) is 21.0. The molecule has 35 heavy (non-hydrogen) atoms. The van der Waals surface area contributed by atoms with Crippen LogP contribution < -0.4 is 0 Å². The predicted molar refractivity (Wildman–Crippen MR) is 117 cm³/mol. The van der Waals surface area contributed by atoms with Crippen molar-refractivity contribution < 1.29 is 32.6 Å². The van der Waals surface area contributed by atoms with Gasteiger partial charge in [0, 0.05) is 17.8 Å². The molecule has 3 rings (SSSR count). The molecule has 1 aliphatic carbocycles. The second-order valence-electron chi connectivity index (χ2n) is 8.49. The van der Waals surface area contributed by atoms with Crippen molar-refractivity contribution in [1.82, 2.24) is 0 Å². The normalized spacial score (nSPS) is 27.7. The lowest BCUT2D eigenvalue weighted by atomic mass is 9.45. The zero-order valence-corrected chi connectivity index (χ0v) is 19.2. The topological polar surface area (TPSA) is 117 Å². The fraction of sp³-hybridized carbons (Fsp3) is 0.346. The van der Waals surface area contributed by atoms with Crippen LogP contribution in [0.4, 0.5) is 8.78 Å². The molecule has 5 atom stereocenters. The lowest BCUT2D eigenvalue weighted by Gasteiger charge is -2.52. The molecule has 180 valence electrons. The smallest absolute Gasteiger partial charge is 0.327 e. The van der Waals surface area contributed by atoms with Gasteiger partial charge in [0.1, 0.15) is 17.4 Å². The van der Waals surface area contributed by atoms with Gasteiger partial charge < -0.3 is 9.47 Å². The number of ether oxygens (including phenoxy) is 2. The van der Waals surface area contributed by atoms with E-state index in [1.54, 1.807) is 0 Å². The van der Waals surface area contributed by atoms with Crippen molar-refractivity contribution in [2.45, 2.75) is 25.2 Å². The van der Waals surface area contributed by atoms with Crippen molar-refractivity contribution in [2.24, 2.45) is 16.7 Å². The van der Waals surface area contributed by atoms with Gasteiger partial charge >= 0.3 is 11.9 Å². The number of ketones is 1. The van der Waals surface area contributed by atoms with E-state index in [1.807, 2.05) is 12.1 Å². The number of carbonyl (C=O) groups is 3. The Bertz CT molecular complexity index is 1270. The van der Waals surface area contributed by atoms with Gasteiger partial charge in [-0.15, -0.1) is 0 Å². The zero-order chi connectivity index (χ0) is 26.0. The fourth-order valence-electron chi connectivity index (χ4n) is 5.41. The number of hydrogen-bond donors (Lipinski definition) is 0. The first kappa shape index (κ1) is 25.5. The molecule has 1 aliphatic rings. The molecule has 0 aromatic heterocycles. The Balaban J connectivity index is 2.55. The number of nitrogens with zero attached hydrogens (tertiary/aromatic N) is 2. The van der Waals surface area contributed by atoms with Crippen LogP contribution in [0.5, 0.6) is 0 Å². The van der Waals surface area contributed by atoms with Gasteiger partial charge in [0.05, 0.1) is 26.4 Å². The predicted octanol–water partition coefficient (Wildman–Crippen LogP) is 3.81. The monoisotopic (exact) mass is 480 g/mol. The molecule has 2 aromatic rings. The minimum atomic E-state index is -2.41. The first-order valence-electron chi connectivity index (χ1n) is 10.6. The first-order chi connectivity index (χ1) is 16.6. The second-order valence-corrected chi connectivity index (χ2v) is 8.49. The number of nitriles is 2. The lowest BCUT2D eigenvalue weighted by molar-refractivity contribution is -0.167. The van der Waals surface area contributed by atoms with Crippen molar-refractivity contribution in [3.05, 3.63) is 71.3 Å². The van der Waals surface area contributed by atoms with E-state index in [4.69, 9.17) is 9.47 Å². The number of benzene rings is 2. The van der Waals surface area contributed by atoms with E-state index in [0.717, 1.165) is 38.5 Å². The highest BCUT2D eigenvalue weighted by Crippen LogP contribution is 2.64. The average Bonchev–Trinajstić information content (AvgIpc) is 2.85. The third-order valence-electron chi connectivity index (χ3n) is 6.75. The van der Waals surface area contributed by atoms with Crippen LogP contribution in [-0.4, -0.2) is 31.9 Å². The summed E-state index contributed by atoms with van der Waals surface area (Å²) < 4.78 is 38.6. The van der Waals surface area contributed by atoms with E-state index in [1.165, 1.54) is 31.2 Å². The fourth-order valence-corrected chi connectivity index (χ4v) is 5.41. The molecule has 0 bridgehead atoms. The Hall–Kier alpha value is -4.11. The van der Waals surface area contributed by atoms with Gasteiger partial charge in [-0.3, -0.25) is 14.4 Å². The van der Waals surface area contributed by atoms with Crippen LogP contribution in [-0.2, 0) is 23.9 Å². The van der Waals surface area contributed by atoms with Gasteiger partial charge in [-0.1, -0.05) is 24.3 Å². The Morgan fingerprint density at radius 1 is 0.914 bits per heavy atom. The van der Waals surface area contributed by atoms with Gasteiger partial charge in [0.2, 0.25) is 0 Å². The Kier molecular flexibility index (Phi) is 7.02. The number of carbonyl (C=O) groups excluding carboxylic acids is 3. The van der Waals surface area contributed by atoms with Crippen molar-refractivity contribution in [2.75, 3.05) is 14.2 Å². The Morgan fingerprint density at radius 3 is 1.91 bits per heavy atom. The maximum Gasteiger partial charge on any atom is 0.327 e. The highest BCUT2D eigenvalue weighted by molar-refractivity contribution is 5.92. The Morgan fingerprint density at radius 2 is 1.46 bits per heavy atom. The van der Waals surface area contributed by atoms with E-state index >= 15 is 0 Å². The third-order valence-corrected chi connectivity index (χ3v) is 6.75. The number of Topliss-reactive ketones (excluding diaryl/α,β-unsaturated/α-hetero) is 1. The molecular formula is C26H22F2N2O5. The summed E-state index contributed by atoms with van der Waals surface area (Å²) in [4.78, 5) is 39.6. The minimum absolute atomic E-state index is 0.0210. The summed E-state index contributed by atoms with van der Waals surface area (Å²) in [6.45, 7) is 1.19. The molecule has 0 N–H and O–H groups in total. The lowest BCUT2D eigenvalue weighted by Crippen LogP contribution is -2.59. The van der Waals surface area contributed by atoms with Crippen molar-refractivity contribution in [3.63, 3.8) is 0 Å². The molecule has 0 spiro atoms. The van der Waals surface area contributed by atoms with Crippen LogP contribution in [0.2, 0.25) is 0 Å². The molecule has 1 saturated carbocycles. The number of esters is 2. The van der Waals surface area contributed by atoms with E-state index in [9.17, 15) is 33.7 Å². The molecule has 7 nitrogen and oxygen atoms in total. The minimum Gasteiger partial charge on any atom is -0.468 e. The molecule has 9 heteroatoms. The number of hydrogen-bond acceptors (Lipinski definition) is 7. The number of halogens is 2. The van der Waals surface area contributed by atoms with Gasteiger partial charge in [0.15, 0.2) is 10.8 Å². The van der Waals surface area contributed by atoms with Crippen LogP contribution in [0.15, 0.2) is 48.5 Å². The van der Waals surface area contributed by atoms with Crippen molar-refractivity contribution in [1.29, 1.82) is 10.5 Å². The molecule has 0 aliphatic heterocycles. The van der Waals surface area contributed by atoms with Crippen molar-refractivity contribution >= 4 is 17.7 Å². The van der Waals surface area contributed by atoms with Gasteiger partial charge in [0.25, 0.3) is 0 Å². The van der Waals surface area contributed by atoms with Crippen LogP contribution in [0.3, 0.4) is 0 Å². The summed E-state index contributed by atoms with van der Waals surface area (Å²) in [5.41, 5.74) is -4.55. The van der Waals surface area contributed by atoms with Gasteiger partial charge in [-0.25, -0.2) is 8.78 Å².